The number of hydrogen-bond donors (Lipinski definition) is 0. The second-order valence-electron chi connectivity index (χ2n) is 4.29. The van der Waals surface area contributed by atoms with Gasteiger partial charge in [0.1, 0.15) is 5.75 Å². The molecule has 1 aromatic rings. The Morgan fingerprint density at radius 2 is 1.89 bits per heavy atom. The zero-order chi connectivity index (χ0) is 13.8. The summed E-state index contributed by atoms with van der Waals surface area (Å²) in [5.74, 6) is 1.18. The number of alkyl halides is 1. The van der Waals surface area contributed by atoms with E-state index in [0.29, 0.717) is 18.2 Å². The molecule has 0 heterocycles. The first-order valence-corrected chi connectivity index (χ1v) is 8.54. The minimum absolute atomic E-state index is 0.434. The molecule has 18 heavy (non-hydrogen) atoms. The van der Waals surface area contributed by atoms with Crippen LogP contribution in [0.3, 0.4) is 0 Å². The van der Waals surface area contributed by atoms with Gasteiger partial charge in [-0.2, -0.15) is 0 Å². The second-order valence-corrected chi connectivity index (χ2v) is 6.96. The van der Waals surface area contributed by atoms with Gasteiger partial charge in [-0.05, 0) is 30.2 Å². The van der Waals surface area contributed by atoms with Crippen molar-refractivity contribution in [3.63, 3.8) is 0 Å². The largest absolute Gasteiger partial charge is 0.493 e. The first-order valence-electron chi connectivity index (χ1n) is 5.57. The van der Waals surface area contributed by atoms with Gasteiger partial charge in [0.25, 0.3) is 0 Å². The average Bonchev–Trinajstić information content (AvgIpc) is 2.34. The van der Waals surface area contributed by atoms with Gasteiger partial charge in [-0.1, -0.05) is 22.9 Å². The van der Waals surface area contributed by atoms with Crippen LogP contribution in [0.2, 0.25) is 0 Å². The van der Waals surface area contributed by atoms with Crippen molar-refractivity contribution in [1.29, 1.82) is 0 Å². The predicted octanol–water partition coefficient (Wildman–Crippen LogP) is 2.49. The van der Waals surface area contributed by atoms with Crippen LogP contribution in [0.4, 0.5) is 5.69 Å². The highest BCUT2D eigenvalue weighted by atomic mass is 79.9. The van der Waals surface area contributed by atoms with E-state index < -0.39 is 10.0 Å². The molecule has 0 fully saturated rings. The zero-order valence-electron chi connectivity index (χ0n) is 10.8. The normalized spacial score (nSPS) is 13.1. The molecular formula is C12H18BrNO3S. The summed E-state index contributed by atoms with van der Waals surface area (Å²) in [7, 11) is -1.69. The Bertz CT molecular complexity index is 473. The van der Waals surface area contributed by atoms with Gasteiger partial charge in [-0.3, -0.25) is 4.31 Å². The van der Waals surface area contributed by atoms with Crippen molar-refractivity contribution in [2.24, 2.45) is 5.92 Å². The van der Waals surface area contributed by atoms with Crippen LogP contribution < -0.4 is 9.04 Å². The van der Waals surface area contributed by atoms with Crippen LogP contribution >= 0.6 is 15.9 Å². The van der Waals surface area contributed by atoms with Crippen molar-refractivity contribution in [2.75, 3.05) is 29.5 Å². The fourth-order valence-corrected chi connectivity index (χ4v) is 1.92. The Hall–Kier alpha value is -0.750. The molecule has 0 saturated carbocycles. The van der Waals surface area contributed by atoms with Crippen molar-refractivity contribution >= 4 is 31.6 Å². The maximum Gasteiger partial charge on any atom is 0.231 e. The van der Waals surface area contributed by atoms with Crippen molar-refractivity contribution in [1.82, 2.24) is 0 Å². The lowest BCUT2D eigenvalue weighted by Crippen LogP contribution is -2.24. The fourth-order valence-electron chi connectivity index (χ4n) is 1.23. The van der Waals surface area contributed by atoms with Crippen LogP contribution in [-0.4, -0.2) is 33.7 Å². The number of halogens is 1. The number of benzene rings is 1. The summed E-state index contributed by atoms with van der Waals surface area (Å²) in [6, 6.07) is 7.01. The molecule has 0 amide bonds. The number of anilines is 1. The molecule has 0 aliphatic carbocycles. The van der Waals surface area contributed by atoms with Crippen LogP contribution in [-0.2, 0) is 10.0 Å². The molecular weight excluding hydrogens is 318 g/mol. The van der Waals surface area contributed by atoms with Crippen molar-refractivity contribution in [3.8, 4) is 5.75 Å². The molecule has 1 rings (SSSR count). The maximum absolute atomic E-state index is 11.4. The van der Waals surface area contributed by atoms with E-state index in [0.717, 1.165) is 11.1 Å². The highest BCUT2D eigenvalue weighted by molar-refractivity contribution is 9.09. The Kier molecular flexibility index (Phi) is 5.47. The third kappa shape index (κ3) is 4.49. The van der Waals surface area contributed by atoms with E-state index in [-0.39, 0.29) is 0 Å². The molecule has 1 atom stereocenters. The fraction of sp³-hybridized carbons (Fsp3) is 0.500. The monoisotopic (exact) mass is 335 g/mol. The molecule has 0 bridgehead atoms. The molecule has 0 radical (unpaired) electrons. The molecule has 1 unspecified atom stereocenters. The third-order valence-electron chi connectivity index (χ3n) is 2.50. The van der Waals surface area contributed by atoms with Gasteiger partial charge in [-0.15, -0.1) is 0 Å². The quantitative estimate of drug-likeness (QED) is 0.750. The molecule has 1 aromatic carbocycles. The van der Waals surface area contributed by atoms with Crippen LogP contribution in [0.1, 0.15) is 6.92 Å². The van der Waals surface area contributed by atoms with E-state index in [2.05, 4.69) is 22.9 Å². The number of nitrogens with zero attached hydrogens (tertiary/aromatic N) is 1. The number of ether oxygens (including phenoxy) is 1. The smallest absolute Gasteiger partial charge is 0.231 e. The van der Waals surface area contributed by atoms with Gasteiger partial charge in [0, 0.05) is 12.4 Å². The summed E-state index contributed by atoms with van der Waals surface area (Å²) in [5.41, 5.74) is 0.624. The first kappa shape index (κ1) is 15.3. The highest BCUT2D eigenvalue weighted by Gasteiger charge is 2.11. The molecule has 0 N–H and O–H groups in total. The second kappa shape index (κ2) is 6.43. The Balaban J connectivity index is 2.69. The van der Waals surface area contributed by atoms with E-state index in [1.54, 1.807) is 24.3 Å². The van der Waals surface area contributed by atoms with E-state index in [4.69, 9.17) is 4.74 Å². The molecule has 0 saturated heterocycles. The van der Waals surface area contributed by atoms with E-state index in [1.165, 1.54) is 17.6 Å². The van der Waals surface area contributed by atoms with Crippen molar-refractivity contribution in [2.45, 2.75) is 6.92 Å². The van der Waals surface area contributed by atoms with E-state index in [9.17, 15) is 8.42 Å². The molecule has 0 spiro atoms. The molecule has 102 valence electrons. The first-order chi connectivity index (χ1) is 8.34. The minimum Gasteiger partial charge on any atom is -0.493 e. The van der Waals surface area contributed by atoms with Gasteiger partial charge in [-0.25, -0.2) is 8.42 Å². The number of hydrogen-bond acceptors (Lipinski definition) is 3. The molecule has 6 heteroatoms. The van der Waals surface area contributed by atoms with Crippen LogP contribution in [0.5, 0.6) is 5.75 Å². The summed E-state index contributed by atoms with van der Waals surface area (Å²) in [4.78, 5) is 0. The van der Waals surface area contributed by atoms with Gasteiger partial charge < -0.3 is 4.74 Å². The zero-order valence-corrected chi connectivity index (χ0v) is 13.2. The van der Waals surface area contributed by atoms with Crippen molar-refractivity contribution in [3.05, 3.63) is 24.3 Å². The van der Waals surface area contributed by atoms with Crippen molar-refractivity contribution < 1.29 is 13.2 Å². The van der Waals surface area contributed by atoms with Crippen LogP contribution in [0.15, 0.2) is 24.3 Å². The lowest BCUT2D eigenvalue weighted by atomic mass is 10.2. The van der Waals surface area contributed by atoms with Crippen LogP contribution in [0.25, 0.3) is 0 Å². The summed E-state index contributed by atoms with van der Waals surface area (Å²) in [5, 5.41) is 0.891. The number of rotatable bonds is 6. The standard InChI is InChI=1S/C12H18BrNO3S/c1-10(8-13)9-17-12-6-4-11(5-7-12)14(2)18(3,15)16/h4-7,10H,8-9H2,1-3H3. The lowest BCUT2D eigenvalue weighted by molar-refractivity contribution is 0.274. The molecule has 4 nitrogen and oxygen atoms in total. The maximum atomic E-state index is 11.4. The SMILES string of the molecule is CC(CBr)COc1ccc(N(C)S(C)(=O)=O)cc1. The Morgan fingerprint density at radius 3 is 2.33 bits per heavy atom. The molecule has 0 aromatic heterocycles. The van der Waals surface area contributed by atoms with Gasteiger partial charge >= 0.3 is 0 Å². The lowest BCUT2D eigenvalue weighted by Gasteiger charge is -2.17. The van der Waals surface area contributed by atoms with Gasteiger partial charge in [0.15, 0.2) is 0 Å². The summed E-state index contributed by atoms with van der Waals surface area (Å²) >= 11 is 3.39. The highest BCUT2D eigenvalue weighted by Crippen LogP contribution is 2.20. The number of sulfonamides is 1. The Morgan fingerprint density at radius 1 is 1.33 bits per heavy atom. The summed E-state index contributed by atoms with van der Waals surface area (Å²) in [6.45, 7) is 2.72. The summed E-state index contributed by atoms with van der Waals surface area (Å²) < 4.78 is 29.5. The van der Waals surface area contributed by atoms with Gasteiger partial charge in [0.2, 0.25) is 10.0 Å². The Labute approximate surface area is 117 Å². The average molecular weight is 336 g/mol. The summed E-state index contributed by atoms with van der Waals surface area (Å²) in [6.07, 6.45) is 1.18. The van der Waals surface area contributed by atoms with E-state index >= 15 is 0 Å². The van der Waals surface area contributed by atoms with Crippen LogP contribution in [0, 0.1) is 5.92 Å². The topological polar surface area (TPSA) is 46.6 Å². The molecule has 0 aliphatic heterocycles. The molecule has 0 aliphatic rings. The predicted molar refractivity (Wildman–Crippen MR) is 78.1 cm³/mol. The van der Waals surface area contributed by atoms with Gasteiger partial charge in [0.05, 0.1) is 18.6 Å². The third-order valence-corrected chi connectivity index (χ3v) is 4.81. The van der Waals surface area contributed by atoms with E-state index in [1.807, 2.05) is 0 Å². The minimum atomic E-state index is -3.21.